The normalized spacial score (nSPS) is 32.3. The van der Waals surface area contributed by atoms with Crippen molar-refractivity contribution in [2.75, 3.05) is 6.54 Å². The lowest BCUT2D eigenvalue weighted by Crippen LogP contribution is -2.67. The van der Waals surface area contributed by atoms with E-state index in [0.717, 1.165) is 34.9 Å². The molecule has 1 saturated heterocycles. The molecule has 0 bridgehead atoms. The van der Waals surface area contributed by atoms with Crippen LogP contribution in [-0.2, 0) is 15.0 Å². The minimum Gasteiger partial charge on any atom is -0.423 e. The third kappa shape index (κ3) is 1.80. The highest BCUT2D eigenvalue weighted by atomic mass is 16.5. The molecule has 8 heteroatoms. The summed E-state index contributed by atoms with van der Waals surface area (Å²) in [6.07, 6.45) is 5.63. The summed E-state index contributed by atoms with van der Waals surface area (Å²) in [6, 6.07) is 3.94. The van der Waals surface area contributed by atoms with Gasteiger partial charge in [-0.1, -0.05) is 6.92 Å². The minimum absolute atomic E-state index is 0.0898. The summed E-state index contributed by atoms with van der Waals surface area (Å²) in [5.41, 5.74) is 1.59. The van der Waals surface area contributed by atoms with E-state index in [1.807, 2.05) is 23.2 Å². The number of rotatable bonds is 1. The van der Waals surface area contributed by atoms with Crippen molar-refractivity contribution < 1.29 is 14.5 Å². The molecule has 2 aromatic heterocycles. The lowest BCUT2D eigenvalue weighted by molar-refractivity contribution is -0.156. The van der Waals surface area contributed by atoms with Crippen LogP contribution in [0.2, 0.25) is 0 Å². The number of H-pyrrole nitrogens is 1. The van der Waals surface area contributed by atoms with Crippen molar-refractivity contribution in [3.8, 4) is 6.07 Å². The predicted molar refractivity (Wildman–Crippen MR) is 94.2 cm³/mol. The fourth-order valence-corrected chi connectivity index (χ4v) is 5.40. The number of fused-ring (bicyclic) bond motifs is 4. The Morgan fingerprint density at radius 3 is 3.23 bits per heavy atom. The molecule has 2 N–H and O–H groups in total. The van der Waals surface area contributed by atoms with Crippen molar-refractivity contribution in [2.24, 2.45) is 5.92 Å². The van der Waals surface area contributed by atoms with Gasteiger partial charge in [-0.15, -0.1) is 0 Å². The third-order valence-corrected chi connectivity index (χ3v) is 6.67. The maximum atomic E-state index is 12.4. The minimum atomic E-state index is -0.995. The standard InChI is InChI=1S/C18H19BN4O3/c1-11-9-23(14(24)2-6-20)17(11)4-5-18(10-17)15-12-3-7-21-16(12)22-8-13(15)19(25)26-18/h3,7-8,11,25H,2,4-5,9-10H2,1H3,(H,21,22). The molecule has 3 unspecified atom stereocenters. The average molecular weight is 350 g/mol. The topological polar surface area (TPSA) is 102 Å². The smallest absolute Gasteiger partial charge is 0.423 e. The Morgan fingerprint density at radius 2 is 2.46 bits per heavy atom. The van der Waals surface area contributed by atoms with Crippen molar-refractivity contribution in [2.45, 2.75) is 43.7 Å². The van der Waals surface area contributed by atoms with Crippen LogP contribution >= 0.6 is 0 Å². The lowest BCUT2D eigenvalue weighted by atomic mass is 9.71. The highest BCUT2D eigenvalue weighted by molar-refractivity contribution is 6.62. The number of nitriles is 1. The maximum absolute atomic E-state index is 12.4. The molecule has 3 atom stereocenters. The summed E-state index contributed by atoms with van der Waals surface area (Å²) in [5, 5.41) is 20.4. The Kier molecular flexibility index (Phi) is 3.10. The zero-order valence-electron chi connectivity index (χ0n) is 14.5. The van der Waals surface area contributed by atoms with Crippen molar-refractivity contribution in [1.82, 2.24) is 14.9 Å². The largest absolute Gasteiger partial charge is 0.493 e. The molecule has 1 aliphatic carbocycles. The first-order chi connectivity index (χ1) is 12.5. The molecule has 2 fully saturated rings. The molecular weight excluding hydrogens is 331 g/mol. The predicted octanol–water partition coefficient (Wildman–Crippen LogP) is 0.791. The number of hydrogen-bond donors (Lipinski definition) is 2. The van der Waals surface area contributed by atoms with Crippen molar-refractivity contribution >= 4 is 29.5 Å². The number of likely N-dealkylation sites (tertiary alicyclic amines) is 1. The van der Waals surface area contributed by atoms with Gasteiger partial charge in [0.25, 0.3) is 0 Å². The van der Waals surface area contributed by atoms with Crippen LogP contribution in [-0.4, -0.2) is 45.0 Å². The summed E-state index contributed by atoms with van der Waals surface area (Å²) < 4.78 is 6.12. The van der Waals surface area contributed by atoms with E-state index in [1.165, 1.54) is 0 Å². The molecule has 0 radical (unpaired) electrons. The molecule has 1 saturated carbocycles. The van der Waals surface area contributed by atoms with Crippen molar-refractivity contribution in [3.63, 3.8) is 0 Å². The van der Waals surface area contributed by atoms with Crippen LogP contribution in [0, 0.1) is 17.2 Å². The molecular formula is C18H19BN4O3. The van der Waals surface area contributed by atoms with E-state index in [4.69, 9.17) is 9.92 Å². The molecule has 2 aromatic rings. The third-order valence-electron chi connectivity index (χ3n) is 6.67. The number of nitrogens with zero attached hydrogens (tertiary/aromatic N) is 3. The monoisotopic (exact) mass is 350 g/mol. The van der Waals surface area contributed by atoms with Crippen molar-refractivity contribution in [1.29, 1.82) is 5.26 Å². The second kappa shape index (κ2) is 5.09. The molecule has 1 amide bonds. The first kappa shape index (κ1) is 15.9. The summed E-state index contributed by atoms with van der Waals surface area (Å²) in [5.74, 6) is 0.237. The lowest BCUT2D eigenvalue weighted by Gasteiger charge is -2.56. The zero-order valence-corrected chi connectivity index (χ0v) is 14.5. The molecule has 2 spiro atoms. The van der Waals surface area contributed by atoms with Gasteiger partial charge in [-0.3, -0.25) is 4.79 Å². The highest BCUT2D eigenvalue weighted by Crippen LogP contribution is 2.58. The van der Waals surface area contributed by atoms with Gasteiger partial charge in [0.05, 0.1) is 17.2 Å². The molecule has 132 valence electrons. The molecule has 0 aromatic carbocycles. The van der Waals surface area contributed by atoms with E-state index in [9.17, 15) is 9.82 Å². The van der Waals surface area contributed by atoms with Crippen LogP contribution in [0.3, 0.4) is 0 Å². The van der Waals surface area contributed by atoms with Crippen LogP contribution in [0.25, 0.3) is 11.0 Å². The van der Waals surface area contributed by atoms with Gasteiger partial charge >= 0.3 is 7.12 Å². The van der Waals surface area contributed by atoms with Crippen LogP contribution in [0.4, 0.5) is 0 Å². The number of amides is 1. The van der Waals surface area contributed by atoms with E-state index in [0.29, 0.717) is 18.9 Å². The molecule has 7 nitrogen and oxygen atoms in total. The van der Waals surface area contributed by atoms with E-state index in [1.54, 1.807) is 6.20 Å². The van der Waals surface area contributed by atoms with E-state index in [-0.39, 0.29) is 17.9 Å². The van der Waals surface area contributed by atoms with Crippen LogP contribution in [0.1, 0.15) is 38.2 Å². The van der Waals surface area contributed by atoms with Crippen LogP contribution in [0.5, 0.6) is 0 Å². The molecule has 5 rings (SSSR count). The fraction of sp³-hybridized carbons (Fsp3) is 0.500. The van der Waals surface area contributed by atoms with Gasteiger partial charge in [-0.25, -0.2) is 4.98 Å². The van der Waals surface area contributed by atoms with Gasteiger partial charge in [0.2, 0.25) is 5.91 Å². The SMILES string of the molecule is CC1CN(C(=O)CC#N)C12CCC1(C2)OB(O)c2cnc3[nH]ccc3c21. The van der Waals surface area contributed by atoms with Crippen molar-refractivity contribution in [3.05, 3.63) is 24.0 Å². The fourth-order valence-electron chi connectivity index (χ4n) is 5.40. The molecule has 4 heterocycles. The second-order valence-corrected chi connectivity index (χ2v) is 7.81. The number of hydrogen-bond acceptors (Lipinski definition) is 5. The summed E-state index contributed by atoms with van der Waals surface area (Å²) in [6.45, 7) is 2.84. The van der Waals surface area contributed by atoms with Crippen LogP contribution < -0.4 is 5.46 Å². The molecule has 26 heavy (non-hydrogen) atoms. The Morgan fingerprint density at radius 1 is 1.62 bits per heavy atom. The molecule has 2 aliphatic heterocycles. The second-order valence-electron chi connectivity index (χ2n) is 7.81. The summed E-state index contributed by atoms with van der Waals surface area (Å²) >= 11 is 0. The van der Waals surface area contributed by atoms with E-state index in [2.05, 4.69) is 16.9 Å². The Hall–Kier alpha value is -2.37. The van der Waals surface area contributed by atoms with Gasteiger partial charge in [0.1, 0.15) is 12.1 Å². The van der Waals surface area contributed by atoms with Crippen LogP contribution in [0.15, 0.2) is 18.5 Å². The number of aromatic nitrogens is 2. The van der Waals surface area contributed by atoms with E-state index >= 15 is 0 Å². The summed E-state index contributed by atoms with van der Waals surface area (Å²) in [4.78, 5) is 21.8. The Balaban J connectivity index is 1.59. The average Bonchev–Trinajstić information content (AvgIpc) is 3.30. The number of nitrogens with one attached hydrogen (secondary N) is 1. The van der Waals surface area contributed by atoms with Gasteiger partial charge < -0.3 is 19.6 Å². The quantitative estimate of drug-likeness (QED) is 0.741. The first-order valence-electron chi connectivity index (χ1n) is 9.00. The van der Waals surface area contributed by atoms with Gasteiger partial charge in [0.15, 0.2) is 0 Å². The Labute approximate surface area is 151 Å². The highest BCUT2D eigenvalue weighted by Gasteiger charge is 2.64. The Bertz CT molecular complexity index is 969. The number of pyridine rings is 1. The molecule has 3 aliphatic rings. The summed E-state index contributed by atoms with van der Waals surface area (Å²) in [7, 11) is -0.995. The number of carbonyl (C=O) groups excluding carboxylic acids is 1. The zero-order chi connectivity index (χ0) is 18.1. The van der Waals surface area contributed by atoms with Gasteiger partial charge in [-0.05, 0) is 30.4 Å². The number of aromatic amines is 1. The first-order valence-corrected chi connectivity index (χ1v) is 9.00. The maximum Gasteiger partial charge on any atom is 0.493 e. The van der Waals surface area contributed by atoms with Gasteiger partial charge in [-0.2, -0.15) is 5.26 Å². The van der Waals surface area contributed by atoms with Gasteiger partial charge in [0, 0.05) is 36.2 Å². The van der Waals surface area contributed by atoms with E-state index < -0.39 is 12.7 Å². The number of carbonyl (C=O) groups is 1.